The molecule has 2 nitrogen and oxygen atoms in total. The maximum absolute atomic E-state index is 12.1. The Morgan fingerprint density at radius 2 is 2.24 bits per heavy atom. The SMILES string of the molecule is CCC(C)CC(=O)C1COc2ccccc2C1. The molecule has 0 fully saturated rings. The fourth-order valence-corrected chi connectivity index (χ4v) is 2.19. The van der Waals surface area contributed by atoms with Gasteiger partial charge in [0, 0.05) is 6.42 Å². The summed E-state index contributed by atoms with van der Waals surface area (Å²) >= 11 is 0. The van der Waals surface area contributed by atoms with Crippen molar-refractivity contribution >= 4 is 5.78 Å². The Labute approximate surface area is 103 Å². The zero-order valence-corrected chi connectivity index (χ0v) is 10.6. The van der Waals surface area contributed by atoms with E-state index in [2.05, 4.69) is 19.9 Å². The van der Waals surface area contributed by atoms with E-state index in [1.165, 1.54) is 5.56 Å². The van der Waals surface area contributed by atoms with Crippen molar-refractivity contribution in [3.05, 3.63) is 29.8 Å². The molecule has 2 rings (SSSR count). The predicted octanol–water partition coefficient (Wildman–Crippen LogP) is 3.24. The molecule has 17 heavy (non-hydrogen) atoms. The van der Waals surface area contributed by atoms with Crippen molar-refractivity contribution in [2.45, 2.75) is 33.1 Å². The molecule has 92 valence electrons. The molecule has 0 aromatic heterocycles. The van der Waals surface area contributed by atoms with Gasteiger partial charge in [-0.2, -0.15) is 0 Å². The third-order valence-electron chi connectivity index (χ3n) is 3.58. The van der Waals surface area contributed by atoms with Gasteiger partial charge in [-0.1, -0.05) is 38.5 Å². The lowest BCUT2D eigenvalue weighted by Gasteiger charge is -2.25. The molecule has 0 saturated carbocycles. The number of benzene rings is 1. The Bertz CT molecular complexity index is 398. The molecule has 1 aromatic carbocycles. The predicted molar refractivity (Wildman–Crippen MR) is 68.2 cm³/mol. The van der Waals surface area contributed by atoms with E-state index in [-0.39, 0.29) is 5.92 Å². The van der Waals surface area contributed by atoms with Crippen LogP contribution in [-0.4, -0.2) is 12.4 Å². The van der Waals surface area contributed by atoms with Gasteiger partial charge in [-0.3, -0.25) is 4.79 Å². The number of rotatable bonds is 4. The molecule has 0 spiro atoms. The van der Waals surface area contributed by atoms with E-state index in [1.54, 1.807) is 0 Å². The van der Waals surface area contributed by atoms with Crippen LogP contribution in [0.4, 0.5) is 0 Å². The van der Waals surface area contributed by atoms with Crippen LogP contribution < -0.4 is 4.74 Å². The van der Waals surface area contributed by atoms with Crippen molar-refractivity contribution in [3.8, 4) is 5.75 Å². The molecular weight excluding hydrogens is 212 g/mol. The summed E-state index contributed by atoms with van der Waals surface area (Å²) in [6, 6.07) is 8.01. The number of ketones is 1. The third-order valence-corrected chi connectivity index (χ3v) is 3.58. The summed E-state index contributed by atoms with van der Waals surface area (Å²) in [7, 11) is 0. The highest BCUT2D eigenvalue weighted by atomic mass is 16.5. The molecule has 0 aliphatic carbocycles. The Morgan fingerprint density at radius 3 is 3.00 bits per heavy atom. The van der Waals surface area contributed by atoms with Crippen LogP contribution in [0.5, 0.6) is 5.75 Å². The fraction of sp³-hybridized carbons (Fsp3) is 0.533. The van der Waals surface area contributed by atoms with Crippen LogP contribution >= 0.6 is 0 Å². The monoisotopic (exact) mass is 232 g/mol. The molecule has 1 heterocycles. The highest BCUT2D eigenvalue weighted by molar-refractivity contribution is 5.82. The lowest BCUT2D eigenvalue weighted by molar-refractivity contribution is -0.125. The van der Waals surface area contributed by atoms with E-state index < -0.39 is 0 Å². The lowest BCUT2D eigenvalue weighted by Crippen LogP contribution is -2.29. The molecule has 0 saturated heterocycles. The second-order valence-electron chi connectivity index (χ2n) is 5.00. The summed E-state index contributed by atoms with van der Waals surface area (Å²) in [5.41, 5.74) is 1.17. The number of para-hydroxylation sites is 1. The molecule has 0 radical (unpaired) electrons. The van der Waals surface area contributed by atoms with Gasteiger partial charge in [0.25, 0.3) is 0 Å². The summed E-state index contributed by atoms with van der Waals surface area (Å²) < 4.78 is 5.65. The molecule has 2 heteroatoms. The van der Waals surface area contributed by atoms with Crippen LogP contribution in [0, 0.1) is 11.8 Å². The highest BCUT2D eigenvalue weighted by Crippen LogP contribution is 2.28. The molecule has 0 N–H and O–H groups in total. The van der Waals surface area contributed by atoms with E-state index in [4.69, 9.17) is 4.74 Å². The standard InChI is InChI=1S/C15H20O2/c1-3-11(2)8-14(16)13-9-12-6-4-5-7-15(12)17-10-13/h4-7,11,13H,3,8-10H2,1-2H3. The number of hydrogen-bond acceptors (Lipinski definition) is 2. The average molecular weight is 232 g/mol. The first-order valence-electron chi connectivity index (χ1n) is 6.44. The number of fused-ring (bicyclic) bond motifs is 1. The minimum absolute atomic E-state index is 0.0545. The Balaban J connectivity index is 2.00. The first-order valence-corrected chi connectivity index (χ1v) is 6.44. The fourth-order valence-electron chi connectivity index (χ4n) is 2.19. The van der Waals surface area contributed by atoms with Gasteiger partial charge in [-0.25, -0.2) is 0 Å². The molecule has 0 amide bonds. The van der Waals surface area contributed by atoms with E-state index in [0.717, 1.165) is 18.6 Å². The van der Waals surface area contributed by atoms with Crippen molar-refractivity contribution < 1.29 is 9.53 Å². The first-order chi connectivity index (χ1) is 8.20. The minimum atomic E-state index is 0.0545. The zero-order valence-electron chi connectivity index (χ0n) is 10.6. The van der Waals surface area contributed by atoms with Crippen molar-refractivity contribution in [1.29, 1.82) is 0 Å². The van der Waals surface area contributed by atoms with Crippen LogP contribution in [-0.2, 0) is 11.2 Å². The Kier molecular flexibility index (Phi) is 3.82. The van der Waals surface area contributed by atoms with Crippen molar-refractivity contribution in [2.24, 2.45) is 11.8 Å². The average Bonchev–Trinajstić information content (AvgIpc) is 2.38. The van der Waals surface area contributed by atoms with E-state index in [9.17, 15) is 4.79 Å². The van der Waals surface area contributed by atoms with Crippen LogP contribution in [0.2, 0.25) is 0 Å². The van der Waals surface area contributed by atoms with E-state index >= 15 is 0 Å². The first kappa shape index (κ1) is 12.2. The highest BCUT2D eigenvalue weighted by Gasteiger charge is 2.26. The van der Waals surface area contributed by atoms with E-state index in [0.29, 0.717) is 24.7 Å². The molecule has 1 aliphatic heterocycles. The van der Waals surface area contributed by atoms with Gasteiger partial charge < -0.3 is 4.74 Å². The minimum Gasteiger partial charge on any atom is -0.493 e. The summed E-state index contributed by atoms with van der Waals surface area (Å²) in [6.45, 7) is 4.81. The van der Waals surface area contributed by atoms with Gasteiger partial charge in [-0.15, -0.1) is 0 Å². The smallest absolute Gasteiger partial charge is 0.139 e. The second kappa shape index (κ2) is 5.35. The molecule has 2 atom stereocenters. The summed E-state index contributed by atoms with van der Waals surface area (Å²) in [4.78, 5) is 12.1. The van der Waals surface area contributed by atoms with Gasteiger partial charge >= 0.3 is 0 Å². The maximum Gasteiger partial charge on any atom is 0.139 e. The van der Waals surface area contributed by atoms with Crippen LogP contribution in [0.25, 0.3) is 0 Å². The van der Waals surface area contributed by atoms with Crippen molar-refractivity contribution in [2.75, 3.05) is 6.61 Å². The van der Waals surface area contributed by atoms with Gasteiger partial charge in [-0.05, 0) is 24.0 Å². The maximum atomic E-state index is 12.1. The van der Waals surface area contributed by atoms with Gasteiger partial charge in [0.1, 0.15) is 11.5 Å². The molecule has 2 unspecified atom stereocenters. The lowest BCUT2D eigenvalue weighted by atomic mass is 9.88. The topological polar surface area (TPSA) is 26.3 Å². The van der Waals surface area contributed by atoms with Crippen LogP contribution in [0.3, 0.4) is 0 Å². The van der Waals surface area contributed by atoms with Crippen molar-refractivity contribution in [1.82, 2.24) is 0 Å². The number of Topliss-reactive ketones (excluding diaryl/α,β-unsaturated/α-hetero) is 1. The zero-order chi connectivity index (χ0) is 12.3. The number of carbonyl (C=O) groups is 1. The second-order valence-corrected chi connectivity index (χ2v) is 5.00. The summed E-state index contributed by atoms with van der Waals surface area (Å²) in [6.07, 6.45) is 2.59. The van der Waals surface area contributed by atoms with Crippen LogP contribution in [0.1, 0.15) is 32.3 Å². The largest absolute Gasteiger partial charge is 0.493 e. The van der Waals surface area contributed by atoms with Gasteiger partial charge in [0.2, 0.25) is 0 Å². The Morgan fingerprint density at radius 1 is 1.47 bits per heavy atom. The molecule has 1 aromatic rings. The third kappa shape index (κ3) is 2.87. The summed E-state index contributed by atoms with van der Waals surface area (Å²) in [5, 5.41) is 0. The normalized spacial score (nSPS) is 20.2. The molecule has 0 bridgehead atoms. The van der Waals surface area contributed by atoms with Crippen LogP contribution in [0.15, 0.2) is 24.3 Å². The molecular formula is C15H20O2. The number of ether oxygens (including phenoxy) is 1. The molecule has 1 aliphatic rings. The Hall–Kier alpha value is -1.31. The van der Waals surface area contributed by atoms with Gasteiger partial charge in [0.05, 0.1) is 12.5 Å². The van der Waals surface area contributed by atoms with Gasteiger partial charge in [0.15, 0.2) is 0 Å². The number of hydrogen-bond donors (Lipinski definition) is 0. The number of carbonyl (C=O) groups excluding carboxylic acids is 1. The quantitative estimate of drug-likeness (QED) is 0.796. The van der Waals surface area contributed by atoms with Crippen molar-refractivity contribution in [3.63, 3.8) is 0 Å². The summed E-state index contributed by atoms with van der Waals surface area (Å²) in [5.74, 6) is 1.84. The van der Waals surface area contributed by atoms with E-state index in [1.807, 2.05) is 18.2 Å².